The molecule has 0 aliphatic carbocycles. The number of carbonyl (C=O) groups is 1. The Hall–Kier alpha value is -1.36. The Morgan fingerprint density at radius 3 is 2.43 bits per heavy atom. The zero-order valence-corrected chi connectivity index (χ0v) is 13.1. The van der Waals surface area contributed by atoms with Gasteiger partial charge in [-0.3, -0.25) is 9.05 Å². The van der Waals surface area contributed by atoms with E-state index in [0.29, 0.717) is 6.42 Å². The summed E-state index contributed by atoms with van der Waals surface area (Å²) in [6.45, 7) is 3.98. The second-order valence-electron chi connectivity index (χ2n) is 4.57. The first-order valence-corrected chi connectivity index (χ1v) is 8.49. The first-order chi connectivity index (χ1) is 10.1. The average Bonchev–Trinajstić information content (AvgIpc) is 2.82. The summed E-state index contributed by atoms with van der Waals surface area (Å²) < 4.78 is 29.5. The maximum absolute atomic E-state index is 12.8. The lowest BCUT2D eigenvalue weighted by Crippen LogP contribution is -2.34. The zero-order chi connectivity index (χ0) is 15.3. The lowest BCUT2D eigenvalue weighted by molar-refractivity contribution is 0.149. The van der Waals surface area contributed by atoms with Gasteiger partial charge in [0.1, 0.15) is 6.61 Å². The van der Waals surface area contributed by atoms with Crippen LogP contribution in [0.5, 0.6) is 0 Å². The minimum absolute atomic E-state index is 0.178. The third-order valence-electron chi connectivity index (χ3n) is 3.09. The largest absolute Gasteiger partial charge is 0.447 e. The van der Waals surface area contributed by atoms with E-state index in [1.165, 1.54) is 0 Å². The second-order valence-corrected chi connectivity index (χ2v) is 6.45. The fourth-order valence-corrected chi connectivity index (χ4v) is 4.05. The standard InChI is InChI=1S/C14H20NO5P/c1-3-19-21(17,20-4-2)15-13(11-18-14(15)16)10-12-8-6-5-7-9-12/h5-9,13H,3-4,10-11H2,1-2H3/t13-/m1/s1. The fourth-order valence-electron chi connectivity index (χ4n) is 2.27. The number of nitrogens with zero attached hydrogens (tertiary/aromatic N) is 1. The minimum atomic E-state index is -3.66. The van der Waals surface area contributed by atoms with Gasteiger partial charge in [0.2, 0.25) is 0 Å². The van der Waals surface area contributed by atoms with Crippen LogP contribution in [0.1, 0.15) is 19.4 Å². The van der Waals surface area contributed by atoms with Crippen LogP contribution < -0.4 is 0 Å². The van der Waals surface area contributed by atoms with Crippen LogP contribution in [0.15, 0.2) is 30.3 Å². The third-order valence-corrected chi connectivity index (χ3v) is 5.28. The van der Waals surface area contributed by atoms with Gasteiger partial charge in [-0.05, 0) is 25.8 Å². The molecule has 1 aromatic carbocycles. The van der Waals surface area contributed by atoms with Gasteiger partial charge in [0.25, 0.3) is 0 Å². The van der Waals surface area contributed by atoms with Crippen LogP contribution in [0.2, 0.25) is 0 Å². The minimum Gasteiger partial charge on any atom is -0.447 e. The summed E-state index contributed by atoms with van der Waals surface area (Å²) in [7, 11) is -3.66. The van der Waals surface area contributed by atoms with Crippen LogP contribution in [0.4, 0.5) is 4.79 Å². The van der Waals surface area contributed by atoms with Gasteiger partial charge in [0.15, 0.2) is 0 Å². The molecule has 1 aliphatic heterocycles. The maximum Gasteiger partial charge on any atom is 0.440 e. The molecule has 0 saturated carbocycles. The van der Waals surface area contributed by atoms with E-state index >= 15 is 0 Å². The highest BCUT2D eigenvalue weighted by Crippen LogP contribution is 2.55. The first-order valence-electron chi connectivity index (χ1n) is 7.00. The Bertz CT molecular complexity index is 511. The van der Waals surface area contributed by atoms with Crippen molar-refractivity contribution in [2.75, 3.05) is 19.8 Å². The predicted octanol–water partition coefficient (Wildman–Crippen LogP) is 3.23. The average molecular weight is 313 g/mol. The van der Waals surface area contributed by atoms with Crippen LogP contribution >= 0.6 is 7.75 Å². The van der Waals surface area contributed by atoms with E-state index in [2.05, 4.69) is 0 Å². The number of cyclic esters (lactones) is 1. The lowest BCUT2D eigenvalue weighted by atomic mass is 10.1. The Morgan fingerprint density at radius 1 is 1.24 bits per heavy atom. The molecule has 1 atom stereocenters. The number of hydrogen-bond acceptors (Lipinski definition) is 5. The summed E-state index contributed by atoms with van der Waals surface area (Å²) >= 11 is 0. The van der Waals surface area contributed by atoms with E-state index < -0.39 is 13.8 Å². The van der Waals surface area contributed by atoms with Gasteiger partial charge in [0, 0.05) is 0 Å². The molecule has 116 valence electrons. The third kappa shape index (κ3) is 3.64. The quantitative estimate of drug-likeness (QED) is 0.723. The molecule has 1 heterocycles. The number of hydrogen-bond donors (Lipinski definition) is 0. The van der Waals surface area contributed by atoms with Crippen LogP contribution in [0.3, 0.4) is 0 Å². The molecule has 1 saturated heterocycles. The monoisotopic (exact) mass is 313 g/mol. The van der Waals surface area contributed by atoms with Gasteiger partial charge < -0.3 is 4.74 Å². The summed E-state index contributed by atoms with van der Waals surface area (Å²) in [5.74, 6) is 0. The SMILES string of the molecule is CCOP(=O)(OCC)N1C(=O)OC[C@H]1Cc1ccccc1. The van der Waals surface area contributed by atoms with Crippen molar-refractivity contribution in [3.8, 4) is 0 Å². The van der Waals surface area contributed by atoms with E-state index in [1.807, 2.05) is 30.3 Å². The molecule has 0 N–H and O–H groups in total. The normalized spacial score (nSPS) is 18.9. The molecule has 0 radical (unpaired) electrons. The van der Waals surface area contributed by atoms with Crippen molar-refractivity contribution in [3.05, 3.63) is 35.9 Å². The van der Waals surface area contributed by atoms with Crippen LogP contribution in [-0.4, -0.2) is 36.6 Å². The van der Waals surface area contributed by atoms with Gasteiger partial charge in [0.05, 0.1) is 19.3 Å². The molecule has 1 aromatic rings. The number of rotatable bonds is 7. The molecule has 0 unspecified atom stereocenters. The van der Waals surface area contributed by atoms with Crippen molar-refractivity contribution in [2.24, 2.45) is 0 Å². The summed E-state index contributed by atoms with van der Waals surface area (Å²) in [5.41, 5.74) is 1.03. The van der Waals surface area contributed by atoms with Crippen LogP contribution in [0, 0.1) is 0 Å². The molecule has 0 aromatic heterocycles. The molecule has 0 bridgehead atoms. The van der Waals surface area contributed by atoms with E-state index in [-0.39, 0.29) is 25.9 Å². The van der Waals surface area contributed by atoms with Gasteiger partial charge >= 0.3 is 13.8 Å². The number of amides is 1. The zero-order valence-electron chi connectivity index (χ0n) is 12.2. The Kier molecular flexibility index (Phi) is 5.39. The van der Waals surface area contributed by atoms with E-state index in [4.69, 9.17) is 13.8 Å². The van der Waals surface area contributed by atoms with E-state index in [0.717, 1.165) is 10.2 Å². The van der Waals surface area contributed by atoms with Crippen LogP contribution in [0.25, 0.3) is 0 Å². The second kappa shape index (κ2) is 7.07. The molecule has 1 aliphatic rings. The highest BCUT2D eigenvalue weighted by Gasteiger charge is 2.47. The van der Waals surface area contributed by atoms with Crippen molar-refractivity contribution < 1.29 is 23.1 Å². The number of carbonyl (C=O) groups excluding carboxylic acids is 1. The van der Waals surface area contributed by atoms with Crippen molar-refractivity contribution in [1.29, 1.82) is 0 Å². The predicted molar refractivity (Wildman–Crippen MR) is 78.0 cm³/mol. The van der Waals surface area contributed by atoms with E-state index in [1.54, 1.807) is 13.8 Å². The molecule has 0 spiro atoms. The molecule has 2 rings (SSSR count). The number of ether oxygens (including phenoxy) is 1. The van der Waals surface area contributed by atoms with Crippen molar-refractivity contribution in [3.63, 3.8) is 0 Å². The molecular formula is C14H20NO5P. The molecular weight excluding hydrogens is 293 g/mol. The topological polar surface area (TPSA) is 65.1 Å². The molecule has 21 heavy (non-hydrogen) atoms. The van der Waals surface area contributed by atoms with Gasteiger partial charge in [-0.15, -0.1) is 0 Å². The summed E-state index contributed by atoms with van der Waals surface area (Å²) in [5, 5.41) is 0. The summed E-state index contributed by atoms with van der Waals surface area (Å²) in [4.78, 5) is 11.9. The molecule has 1 amide bonds. The molecule has 7 heteroatoms. The van der Waals surface area contributed by atoms with Gasteiger partial charge in [-0.1, -0.05) is 30.3 Å². The van der Waals surface area contributed by atoms with Gasteiger partial charge in [-0.2, -0.15) is 0 Å². The molecule has 6 nitrogen and oxygen atoms in total. The van der Waals surface area contributed by atoms with E-state index in [9.17, 15) is 9.36 Å². The lowest BCUT2D eigenvalue weighted by Gasteiger charge is -2.28. The van der Waals surface area contributed by atoms with Crippen molar-refractivity contribution in [1.82, 2.24) is 4.67 Å². The Morgan fingerprint density at radius 2 is 1.86 bits per heavy atom. The summed E-state index contributed by atoms with van der Waals surface area (Å²) in [6, 6.07) is 9.30. The Labute approximate surface area is 124 Å². The smallest absolute Gasteiger partial charge is 0.440 e. The van der Waals surface area contributed by atoms with Crippen molar-refractivity contribution in [2.45, 2.75) is 26.3 Å². The van der Waals surface area contributed by atoms with Gasteiger partial charge in [-0.25, -0.2) is 14.0 Å². The number of benzene rings is 1. The highest BCUT2D eigenvalue weighted by atomic mass is 31.2. The highest BCUT2D eigenvalue weighted by molar-refractivity contribution is 7.52. The first kappa shape index (κ1) is 16.0. The summed E-state index contributed by atoms with van der Waals surface area (Å²) in [6.07, 6.45) is -0.113. The Balaban J connectivity index is 2.21. The maximum atomic E-state index is 12.8. The van der Waals surface area contributed by atoms with Crippen molar-refractivity contribution >= 4 is 13.8 Å². The fraction of sp³-hybridized carbons (Fsp3) is 0.500. The molecule has 1 fully saturated rings. The van der Waals surface area contributed by atoms with Crippen LogP contribution in [-0.2, 0) is 24.8 Å².